The molecule has 7 heteroatoms. The summed E-state index contributed by atoms with van der Waals surface area (Å²) < 4.78 is 0. The number of H-pyrrole nitrogens is 1. The van der Waals surface area contributed by atoms with Crippen LogP contribution in [-0.4, -0.2) is 39.2 Å². The van der Waals surface area contributed by atoms with Gasteiger partial charge < -0.3 is 4.90 Å². The number of aryl methyl sites for hydroxylation is 1. The number of pyridine rings is 1. The molecule has 1 aliphatic heterocycles. The van der Waals surface area contributed by atoms with E-state index in [1.165, 1.54) is 0 Å². The molecule has 0 aliphatic carbocycles. The second kappa shape index (κ2) is 6.95. The summed E-state index contributed by atoms with van der Waals surface area (Å²) in [5, 5.41) is 9.69. The standard InChI is InChI=1S/C19H20N6O/c1-13-7-8-16(25-10-4-5-11-25)14(12-13)18(26)22-19-21-17(23-24-19)15-6-2-3-9-20-15/h2-3,6-9,12H,4-5,10-11H2,1H3,(H2,21,22,23,24,26). The van der Waals surface area contributed by atoms with Crippen molar-refractivity contribution in [2.24, 2.45) is 0 Å². The lowest BCUT2D eigenvalue weighted by atomic mass is 10.1. The molecule has 7 nitrogen and oxygen atoms in total. The van der Waals surface area contributed by atoms with Gasteiger partial charge in [-0.2, -0.15) is 4.98 Å². The van der Waals surface area contributed by atoms with Crippen molar-refractivity contribution in [3.8, 4) is 11.5 Å². The first-order valence-electron chi connectivity index (χ1n) is 8.71. The van der Waals surface area contributed by atoms with Crippen molar-refractivity contribution in [3.63, 3.8) is 0 Å². The number of benzene rings is 1. The average Bonchev–Trinajstić information content (AvgIpc) is 3.34. The van der Waals surface area contributed by atoms with Crippen molar-refractivity contribution < 1.29 is 4.79 Å². The summed E-state index contributed by atoms with van der Waals surface area (Å²) in [7, 11) is 0. The fourth-order valence-corrected chi connectivity index (χ4v) is 3.17. The third-order valence-corrected chi connectivity index (χ3v) is 4.46. The van der Waals surface area contributed by atoms with Gasteiger partial charge in [0.2, 0.25) is 5.95 Å². The minimum Gasteiger partial charge on any atom is -0.371 e. The fourth-order valence-electron chi connectivity index (χ4n) is 3.17. The molecule has 0 bridgehead atoms. The Bertz CT molecular complexity index is 915. The Morgan fingerprint density at radius 1 is 1.19 bits per heavy atom. The molecule has 1 aliphatic rings. The van der Waals surface area contributed by atoms with Crippen molar-refractivity contribution in [2.45, 2.75) is 19.8 Å². The van der Waals surface area contributed by atoms with E-state index in [1.807, 2.05) is 43.3 Å². The zero-order chi connectivity index (χ0) is 17.9. The molecule has 1 fully saturated rings. The molecule has 1 amide bonds. The van der Waals surface area contributed by atoms with Crippen LogP contribution < -0.4 is 10.2 Å². The minimum atomic E-state index is -0.206. The largest absolute Gasteiger partial charge is 0.371 e. The Morgan fingerprint density at radius 2 is 2.04 bits per heavy atom. The molecule has 3 heterocycles. The zero-order valence-electron chi connectivity index (χ0n) is 14.6. The van der Waals surface area contributed by atoms with Gasteiger partial charge in [-0.05, 0) is 44.0 Å². The van der Waals surface area contributed by atoms with Gasteiger partial charge in [0.25, 0.3) is 5.91 Å². The summed E-state index contributed by atoms with van der Waals surface area (Å²) in [4.78, 5) is 23.6. The average molecular weight is 348 g/mol. The fraction of sp³-hybridized carbons (Fsp3) is 0.263. The van der Waals surface area contributed by atoms with E-state index in [0.29, 0.717) is 17.1 Å². The molecule has 26 heavy (non-hydrogen) atoms. The maximum Gasteiger partial charge on any atom is 0.260 e. The Labute approximate surface area is 151 Å². The van der Waals surface area contributed by atoms with Crippen LogP contribution in [0.15, 0.2) is 42.6 Å². The van der Waals surface area contributed by atoms with Gasteiger partial charge in [0.05, 0.1) is 5.56 Å². The predicted octanol–water partition coefficient (Wildman–Crippen LogP) is 3.03. The first kappa shape index (κ1) is 16.3. The molecule has 1 aromatic carbocycles. The lowest BCUT2D eigenvalue weighted by Gasteiger charge is -2.21. The van der Waals surface area contributed by atoms with Gasteiger partial charge in [-0.3, -0.25) is 20.2 Å². The highest BCUT2D eigenvalue weighted by atomic mass is 16.1. The number of anilines is 2. The number of hydrogen-bond acceptors (Lipinski definition) is 5. The van der Waals surface area contributed by atoms with E-state index in [9.17, 15) is 4.79 Å². The molecule has 0 radical (unpaired) electrons. The highest BCUT2D eigenvalue weighted by molar-refractivity contribution is 6.07. The molecule has 0 unspecified atom stereocenters. The van der Waals surface area contributed by atoms with Crippen LogP contribution in [0.1, 0.15) is 28.8 Å². The number of nitrogens with one attached hydrogen (secondary N) is 2. The smallest absolute Gasteiger partial charge is 0.260 e. The first-order chi connectivity index (χ1) is 12.7. The molecular weight excluding hydrogens is 328 g/mol. The molecule has 132 valence electrons. The van der Waals surface area contributed by atoms with Gasteiger partial charge >= 0.3 is 0 Å². The van der Waals surface area contributed by atoms with E-state index in [-0.39, 0.29) is 11.9 Å². The van der Waals surface area contributed by atoms with Crippen molar-refractivity contribution in [2.75, 3.05) is 23.3 Å². The van der Waals surface area contributed by atoms with Crippen molar-refractivity contribution in [3.05, 3.63) is 53.7 Å². The maximum absolute atomic E-state index is 12.8. The van der Waals surface area contributed by atoms with E-state index in [1.54, 1.807) is 6.20 Å². The molecule has 0 spiro atoms. The highest BCUT2D eigenvalue weighted by Gasteiger charge is 2.20. The Balaban J connectivity index is 1.57. The summed E-state index contributed by atoms with van der Waals surface area (Å²) in [5.41, 5.74) is 3.33. The highest BCUT2D eigenvalue weighted by Crippen LogP contribution is 2.26. The first-order valence-corrected chi connectivity index (χ1v) is 8.71. The van der Waals surface area contributed by atoms with E-state index in [0.717, 1.165) is 37.2 Å². The van der Waals surface area contributed by atoms with Gasteiger partial charge in [-0.15, -0.1) is 5.10 Å². The lowest BCUT2D eigenvalue weighted by Crippen LogP contribution is -2.23. The molecule has 0 saturated carbocycles. The topological polar surface area (TPSA) is 86.8 Å². The van der Waals surface area contributed by atoms with Gasteiger partial charge in [-0.1, -0.05) is 17.7 Å². The number of nitrogens with zero attached hydrogens (tertiary/aromatic N) is 4. The normalized spacial score (nSPS) is 13.8. The van der Waals surface area contributed by atoms with Gasteiger partial charge in [-0.25, -0.2) is 0 Å². The van der Waals surface area contributed by atoms with Crippen LogP contribution in [0.4, 0.5) is 11.6 Å². The lowest BCUT2D eigenvalue weighted by molar-refractivity contribution is 0.102. The quantitative estimate of drug-likeness (QED) is 0.757. The van der Waals surface area contributed by atoms with Gasteiger partial charge in [0.15, 0.2) is 5.82 Å². The molecular formula is C19H20N6O. The molecule has 0 atom stereocenters. The number of hydrogen-bond donors (Lipinski definition) is 2. The molecule has 2 N–H and O–H groups in total. The number of carbonyl (C=O) groups is 1. The number of rotatable bonds is 4. The van der Waals surface area contributed by atoms with Crippen LogP contribution in [0.25, 0.3) is 11.5 Å². The van der Waals surface area contributed by atoms with Crippen molar-refractivity contribution >= 4 is 17.5 Å². The van der Waals surface area contributed by atoms with Crippen molar-refractivity contribution in [1.82, 2.24) is 20.2 Å². The zero-order valence-corrected chi connectivity index (χ0v) is 14.6. The Hall–Kier alpha value is -3.22. The van der Waals surface area contributed by atoms with Crippen LogP contribution >= 0.6 is 0 Å². The number of aromatic amines is 1. The monoisotopic (exact) mass is 348 g/mol. The summed E-state index contributed by atoms with van der Waals surface area (Å²) in [6.07, 6.45) is 4.00. The maximum atomic E-state index is 12.8. The molecule has 2 aromatic heterocycles. The summed E-state index contributed by atoms with van der Waals surface area (Å²) in [5.74, 6) is 0.552. The Kier molecular flexibility index (Phi) is 4.35. The SMILES string of the molecule is Cc1ccc(N2CCCC2)c(C(=O)Nc2n[nH]c(-c3ccccn3)n2)c1. The van der Waals surface area contributed by atoms with Crippen molar-refractivity contribution in [1.29, 1.82) is 0 Å². The second-order valence-electron chi connectivity index (χ2n) is 6.39. The predicted molar refractivity (Wildman–Crippen MR) is 100 cm³/mol. The number of carbonyl (C=O) groups excluding carboxylic acids is 1. The third kappa shape index (κ3) is 3.28. The van der Waals surface area contributed by atoms with Gasteiger partial charge in [0.1, 0.15) is 5.69 Å². The van der Waals surface area contributed by atoms with Crippen LogP contribution in [0.3, 0.4) is 0 Å². The third-order valence-electron chi connectivity index (χ3n) is 4.46. The van der Waals surface area contributed by atoms with E-state index in [2.05, 4.69) is 30.4 Å². The van der Waals surface area contributed by atoms with Crippen LogP contribution in [0.2, 0.25) is 0 Å². The van der Waals surface area contributed by atoms with Crippen LogP contribution in [0.5, 0.6) is 0 Å². The Morgan fingerprint density at radius 3 is 2.81 bits per heavy atom. The summed E-state index contributed by atoms with van der Waals surface area (Å²) >= 11 is 0. The minimum absolute atomic E-state index is 0.206. The van der Waals surface area contributed by atoms with E-state index < -0.39 is 0 Å². The van der Waals surface area contributed by atoms with E-state index >= 15 is 0 Å². The van der Waals surface area contributed by atoms with Gasteiger partial charge in [0, 0.05) is 25.0 Å². The molecule has 4 rings (SSSR count). The molecule has 3 aromatic rings. The summed E-state index contributed by atoms with van der Waals surface area (Å²) in [6.45, 7) is 3.94. The van der Waals surface area contributed by atoms with Crippen LogP contribution in [0, 0.1) is 6.92 Å². The second-order valence-corrected chi connectivity index (χ2v) is 6.39. The summed E-state index contributed by atoms with van der Waals surface area (Å²) in [6, 6.07) is 11.5. The molecule has 1 saturated heterocycles. The van der Waals surface area contributed by atoms with Crippen LogP contribution in [-0.2, 0) is 0 Å². The number of aromatic nitrogens is 4. The van der Waals surface area contributed by atoms with E-state index in [4.69, 9.17) is 0 Å². The number of amides is 1.